The molecule has 3 heterocycles. The SMILES string of the molecule is C[C@@H]1CNCCN1C(=O)c1ccn([C@H]2CCCNC2)n1. The predicted molar refractivity (Wildman–Crippen MR) is 76.7 cm³/mol. The number of hydrogen-bond donors (Lipinski definition) is 2. The van der Waals surface area contributed by atoms with Crippen LogP contribution < -0.4 is 10.6 Å². The molecular formula is C14H23N5O. The molecule has 2 saturated heterocycles. The lowest BCUT2D eigenvalue weighted by Gasteiger charge is -2.33. The summed E-state index contributed by atoms with van der Waals surface area (Å²) in [5.41, 5.74) is 0.573. The van der Waals surface area contributed by atoms with E-state index in [9.17, 15) is 4.79 Å². The summed E-state index contributed by atoms with van der Waals surface area (Å²) in [4.78, 5) is 14.4. The molecule has 0 bridgehead atoms. The molecular weight excluding hydrogens is 254 g/mol. The van der Waals surface area contributed by atoms with Gasteiger partial charge in [0, 0.05) is 38.4 Å². The molecule has 3 rings (SSSR count). The van der Waals surface area contributed by atoms with E-state index in [1.807, 2.05) is 21.8 Å². The van der Waals surface area contributed by atoms with Crippen LogP contribution in [0.4, 0.5) is 0 Å². The number of carbonyl (C=O) groups excluding carboxylic acids is 1. The molecule has 1 aromatic heterocycles. The van der Waals surface area contributed by atoms with Crippen LogP contribution in [-0.4, -0.2) is 59.4 Å². The maximum Gasteiger partial charge on any atom is 0.274 e. The van der Waals surface area contributed by atoms with E-state index in [1.54, 1.807) is 0 Å². The molecule has 110 valence electrons. The summed E-state index contributed by atoms with van der Waals surface area (Å²) < 4.78 is 1.95. The molecule has 0 aromatic carbocycles. The average Bonchev–Trinajstić information content (AvgIpc) is 2.98. The van der Waals surface area contributed by atoms with E-state index >= 15 is 0 Å². The normalized spacial score (nSPS) is 27.6. The first kappa shape index (κ1) is 13.6. The molecule has 2 aliphatic rings. The van der Waals surface area contributed by atoms with Gasteiger partial charge in [0.15, 0.2) is 0 Å². The number of carbonyl (C=O) groups is 1. The summed E-state index contributed by atoms with van der Waals surface area (Å²) >= 11 is 0. The molecule has 0 radical (unpaired) electrons. The zero-order valence-electron chi connectivity index (χ0n) is 12.0. The summed E-state index contributed by atoms with van der Waals surface area (Å²) in [6, 6.07) is 2.47. The topological polar surface area (TPSA) is 62.2 Å². The van der Waals surface area contributed by atoms with Gasteiger partial charge < -0.3 is 15.5 Å². The molecule has 6 heteroatoms. The molecule has 1 aromatic rings. The van der Waals surface area contributed by atoms with E-state index in [1.165, 1.54) is 6.42 Å². The van der Waals surface area contributed by atoms with Gasteiger partial charge in [-0.25, -0.2) is 0 Å². The second-order valence-electron chi connectivity index (χ2n) is 5.73. The highest BCUT2D eigenvalue weighted by Gasteiger charge is 2.26. The van der Waals surface area contributed by atoms with Gasteiger partial charge in [-0.2, -0.15) is 5.10 Å². The lowest BCUT2D eigenvalue weighted by Crippen LogP contribution is -2.52. The zero-order chi connectivity index (χ0) is 13.9. The highest BCUT2D eigenvalue weighted by Crippen LogP contribution is 2.17. The fourth-order valence-corrected chi connectivity index (χ4v) is 3.00. The maximum atomic E-state index is 12.5. The third-order valence-electron chi connectivity index (χ3n) is 4.23. The van der Waals surface area contributed by atoms with Gasteiger partial charge in [-0.05, 0) is 32.4 Å². The average molecular weight is 277 g/mol. The first-order valence-corrected chi connectivity index (χ1v) is 7.53. The van der Waals surface area contributed by atoms with Gasteiger partial charge in [0.2, 0.25) is 0 Å². The Morgan fingerprint density at radius 3 is 2.95 bits per heavy atom. The molecule has 2 atom stereocenters. The van der Waals surface area contributed by atoms with Crippen molar-refractivity contribution in [3.05, 3.63) is 18.0 Å². The first-order valence-electron chi connectivity index (χ1n) is 7.53. The van der Waals surface area contributed by atoms with Crippen LogP contribution in [-0.2, 0) is 0 Å². The minimum absolute atomic E-state index is 0.0570. The Bertz CT molecular complexity index is 466. The first-order chi connectivity index (χ1) is 9.75. The number of nitrogens with zero attached hydrogens (tertiary/aromatic N) is 3. The second kappa shape index (κ2) is 5.93. The lowest BCUT2D eigenvalue weighted by molar-refractivity contribution is 0.0648. The van der Waals surface area contributed by atoms with Crippen LogP contribution in [0.5, 0.6) is 0 Å². The molecule has 20 heavy (non-hydrogen) atoms. The van der Waals surface area contributed by atoms with Gasteiger partial charge in [0.05, 0.1) is 6.04 Å². The van der Waals surface area contributed by atoms with Gasteiger partial charge in [0.25, 0.3) is 5.91 Å². The number of rotatable bonds is 2. The van der Waals surface area contributed by atoms with Gasteiger partial charge >= 0.3 is 0 Å². The van der Waals surface area contributed by atoms with E-state index in [2.05, 4.69) is 22.7 Å². The van der Waals surface area contributed by atoms with Gasteiger partial charge in [-0.3, -0.25) is 9.48 Å². The van der Waals surface area contributed by atoms with Crippen LogP contribution in [0.15, 0.2) is 12.3 Å². The van der Waals surface area contributed by atoms with Crippen molar-refractivity contribution in [3.8, 4) is 0 Å². The number of piperazine rings is 1. The summed E-state index contributed by atoms with van der Waals surface area (Å²) in [6.45, 7) is 6.59. The van der Waals surface area contributed by atoms with Crippen molar-refractivity contribution in [1.82, 2.24) is 25.3 Å². The Labute approximate surface area is 119 Å². The molecule has 1 amide bonds. The molecule has 0 aliphatic carbocycles. The highest BCUT2D eigenvalue weighted by molar-refractivity contribution is 5.92. The minimum atomic E-state index is 0.0570. The van der Waals surface area contributed by atoms with Crippen LogP contribution in [0.2, 0.25) is 0 Å². The molecule has 2 aliphatic heterocycles. The number of piperidine rings is 1. The van der Waals surface area contributed by atoms with Crippen molar-refractivity contribution in [2.75, 3.05) is 32.7 Å². The number of nitrogens with one attached hydrogen (secondary N) is 2. The van der Waals surface area contributed by atoms with Crippen LogP contribution in [0.1, 0.15) is 36.3 Å². The Morgan fingerprint density at radius 1 is 1.35 bits per heavy atom. The van der Waals surface area contributed by atoms with Crippen molar-refractivity contribution in [2.45, 2.75) is 31.8 Å². The number of hydrogen-bond acceptors (Lipinski definition) is 4. The summed E-state index contributed by atoms with van der Waals surface area (Å²) in [6.07, 6.45) is 4.24. The third-order valence-corrected chi connectivity index (χ3v) is 4.23. The van der Waals surface area contributed by atoms with E-state index in [0.717, 1.165) is 39.1 Å². The number of aromatic nitrogens is 2. The summed E-state index contributed by atoms with van der Waals surface area (Å²) in [5, 5.41) is 11.2. The van der Waals surface area contributed by atoms with Crippen molar-refractivity contribution in [3.63, 3.8) is 0 Å². The van der Waals surface area contributed by atoms with Gasteiger partial charge in [-0.15, -0.1) is 0 Å². The Kier molecular flexibility index (Phi) is 4.03. The summed E-state index contributed by atoms with van der Waals surface area (Å²) in [7, 11) is 0. The minimum Gasteiger partial charge on any atom is -0.332 e. The van der Waals surface area contributed by atoms with Crippen molar-refractivity contribution in [1.29, 1.82) is 0 Å². The monoisotopic (exact) mass is 277 g/mol. The van der Waals surface area contributed by atoms with E-state index < -0.39 is 0 Å². The van der Waals surface area contributed by atoms with Crippen LogP contribution in [0.3, 0.4) is 0 Å². The standard InChI is InChI=1S/C14H23N5O/c1-11-9-16-6-8-18(11)14(20)13-4-7-19(17-13)12-3-2-5-15-10-12/h4,7,11-12,15-16H,2-3,5-6,8-10H2,1H3/t11-,12+/m1/s1. The Morgan fingerprint density at radius 2 is 2.20 bits per heavy atom. The molecule has 2 fully saturated rings. The van der Waals surface area contributed by atoms with Gasteiger partial charge in [-0.1, -0.05) is 0 Å². The van der Waals surface area contributed by atoms with Crippen LogP contribution in [0.25, 0.3) is 0 Å². The second-order valence-corrected chi connectivity index (χ2v) is 5.73. The number of amides is 1. The maximum absolute atomic E-state index is 12.5. The fourth-order valence-electron chi connectivity index (χ4n) is 3.00. The van der Waals surface area contributed by atoms with Crippen LogP contribution >= 0.6 is 0 Å². The Hall–Kier alpha value is -1.40. The molecule has 0 saturated carbocycles. The fraction of sp³-hybridized carbons (Fsp3) is 0.714. The third kappa shape index (κ3) is 2.71. The van der Waals surface area contributed by atoms with E-state index in [4.69, 9.17) is 0 Å². The van der Waals surface area contributed by atoms with Gasteiger partial charge in [0.1, 0.15) is 5.69 Å². The summed E-state index contributed by atoms with van der Waals surface area (Å²) in [5.74, 6) is 0.0570. The largest absolute Gasteiger partial charge is 0.332 e. The van der Waals surface area contributed by atoms with E-state index in [0.29, 0.717) is 11.7 Å². The predicted octanol–water partition coefficient (Wildman–Crippen LogP) is 0.242. The van der Waals surface area contributed by atoms with E-state index in [-0.39, 0.29) is 11.9 Å². The van der Waals surface area contributed by atoms with Crippen LogP contribution in [0, 0.1) is 0 Å². The molecule has 2 N–H and O–H groups in total. The molecule has 0 spiro atoms. The highest BCUT2D eigenvalue weighted by atomic mass is 16.2. The quantitative estimate of drug-likeness (QED) is 0.813. The zero-order valence-corrected chi connectivity index (χ0v) is 12.0. The van der Waals surface area contributed by atoms with Crippen molar-refractivity contribution >= 4 is 5.91 Å². The Balaban J connectivity index is 1.70. The smallest absolute Gasteiger partial charge is 0.274 e. The molecule has 0 unspecified atom stereocenters. The van der Waals surface area contributed by atoms with Crippen molar-refractivity contribution in [2.24, 2.45) is 0 Å². The lowest BCUT2D eigenvalue weighted by atomic mass is 10.1. The molecule has 6 nitrogen and oxygen atoms in total. The van der Waals surface area contributed by atoms with Crippen molar-refractivity contribution < 1.29 is 4.79 Å².